The zero-order valence-electron chi connectivity index (χ0n) is 27.7. The van der Waals surface area contributed by atoms with Crippen molar-refractivity contribution in [2.75, 3.05) is 19.0 Å². The lowest BCUT2D eigenvalue weighted by Crippen LogP contribution is -2.48. The number of nitrogens with zero attached hydrogens (tertiary/aromatic N) is 4. The third kappa shape index (κ3) is 9.36. The van der Waals surface area contributed by atoms with Crippen molar-refractivity contribution in [1.82, 2.24) is 36.2 Å². The van der Waals surface area contributed by atoms with Gasteiger partial charge in [-0.2, -0.15) is 5.21 Å². The van der Waals surface area contributed by atoms with Gasteiger partial charge in [0.05, 0.1) is 13.3 Å². The van der Waals surface area contributed by atoms with Crippen LogP contribution in [0.3, 0.4) is 0 Å². The van der Waals surface area contributed by atoms with E-state index in [1.807, 2.05) is 51.1 Å². The van der Waals surface area contributed by atoms with Gasteiger partial charge in [-0.3, -0.25) is 14.6 Å². The van der Waals surface area contributed by atoms with Crippen molar-refractivity contribution in [3.8, 4) is 28.3 Å². The number of benzene rings is 2. The Morgan fingerprint density at radius 2 is 1.67 bits per heavy atom. The van der Waals surface area contributed by atoms with Crippen LogP contribution in [0.25, 0.3) is 22.5 Å². The molecule has 3 amide bonds. The quantitative estimate of drug-likeness (QED) is 0.175. The number of aromatic amines is 1. The molecule has 0 aliphatic heterocycles. The van der Waals surface area contributed by atoms with Crippen LogP contribution in [0.1, 0.15) is 52.0 Å². The van der Waals surface area contributed by atoms with Crippen LogP contribution >= 0.6 is 0 Å². The first-order valence-electron chi connectivity index (χ1n) is 16.1. The lowest BCUT2D eigenvalue weighted by Gasteiger charge is -2.29. The fourth-order valence-electron chi connectivity index (χ4n) is 5.72. The second kappa shape index (κ2) is 15.5. The molecule has 2 aromatic carbocycles. The molecule has 48 heavy (non-hydrogen) atoms. The topological polar surface area (TPSA) is 173 Å². The van der Waals surface area contributed by atoms with E-state index in [9.17, 15) is 14.4 Å². The van der Waals surface area contributed by atoms with E-state index in [0.717, 1.165) is 35.1 Å². The molecule has 0 bridgehead atoms. The second-order valence-corrected chi connectivity index (χ2v) is 12.9. The van der Waals surface area contributed by atoms with Crippen molar-refractivity contribution in [2.45, 2.75) is 64.5 Å². The highest BCUT2D eigenvalue weighted by Crippen LogP contribution is 2.30. The van der Waals surface area contributed by atoms with E-state index in [2.05, 4.69) is 41.6 Å². The van der Waals surface area contributed by atoms with Gasteiger partial charge in [-0.05, 0) is 99.0 Å². The van der Waals surface area contributed by atoms with Crippen molar-refractivity contribution in [2.24, 2.45) is 11.8 Å². The first-order chi connectivity index (χ1) is 23.1. The van der Waals surface area contributed by atoms with Gasteiger partial charge < -0.3 is 25.4 Å². The molecular weight excluding hydrogens is 612 g/mol. The summed E-state index contributed by atoms with van der Waals surface area (Å²) in [5.74, 6) is 0.657. The number of carbonyl (C=O) groups excluding carboxylic acids is 3. The van der Waals surface area contributed by atoms with Gasteiger partial charge in [0.25, 0.3) is 0 Å². The lowest BCUT2D eigenvalue weighted by atomic mass is 9.81. The third-order valence-corrected chi connectivity index (χ3v) is 8.25. The number of hydrogen-bond donors (Lipinski definition) is 4. The third-order valence-electron chi connectivity index (χ3n) is 8.25. The van der Waals surface area contributed by atoms with Crippen LogP contribution in [-0.2, 0) is 20.7 Å². The van der Waals surface area contributed by atoms with E-state index in [1.54, 1.807) is 43.8 Å². The van der Waals surface area contributed by atoms with Gasteiger partial charge in [0.1, 0.15) is 17.4 Å². The van der Waals surface area contributed by atoms with Gasteiger partial charge in [0, 0.05) is 41.9 Å². The SMILES string of the molecule is COc1cnccc1-c1ccc(CC(NC(=O)C2CCC(CNC(=O)OC(C)(C)C)CC2)C(=O)Nc2ccc(-c3nn[nH]n3)cc2)cc1. The first kappa shape index (κ1) is 34.0. The van der Waals surface area contributed by atoms with Crippen LogP contribution in [0.4, 0.5) is 10.5 Å². The van der Waals surface area contributed by atoms with Gasteiger partial charge >= 0.3 is 6.09 Å². The molecule has 0 spiro atoms. The number of pyridine rings is 1. The number of H-pyrrole nitrogens is 1. The van der Waals surface area contributed by atoms with Crippen LogP contribution in [0.5, 0.6) is 5.75 Å². The standard InChI is InChI=1S/C35H42N8O5/c1-35(2,3)48-34(46)37-20-23-7-11-26(12-8-23)32(44)39-29(33(45)38-27-15-13-25(14-16-27)31-40-42-43-41-31)19-22-5-9-24(10-6-22)28-17-18-36-21-30(28)47-4/h5-6,9-10,13-18,21,23,26,29H,7-8,11-12,19-20H2,1-4H3,(H,37,46)(H,38,45)(H,39,44)(H,40,41,42,43). The average molecular weight is 655 g/mol. The molecule has 2 aromatic heterocycles. The number of anilines is 1. The van der Waals surface area contributed by atoms with Crippen LogP contribution in [0.15, 0.2) is 67.0 Å². The fraction of sp³-hybridized carbons (Fsp3) is 0.400. The number of amides is 3. The van der Waals surface area contributed by atoms with E-state index in [1.165, 1.54) is 0 Å². The van der Waals surface area contributed by atoms with Crippen molar-refractivity contribution >= 4 is 23.6 Å². The Kier molecular flexibility index (Phi) is 11.0. The molecule has 13 heteroatoms. The molecule has 252 valence electrons. The fourth-order valence-corrected chi connectivity index (χ4v) is 5.72. The predicted molar refractivity (Wildman–Crippen MR) is 180 cm³/mol. The molecule has 1 saturated carbocycles. The lowest BCUT2D eigenvalue weighted by molar-refractivity contribution is -0.130. The van der Waals surface area contributed by atoms with Crippen molar-refractivity contribution < 1.29 is 23.9 Å². The van der Waals surface area contributed by atoms with E-state index in [-0.39, 0.29) is 23.7 Å². The van der Waals surface area contributed by atoms with Gasteiger partial charge in [-0.1, -0.05) is 24.3 Å². The minimum Gasteiger partial charge on any atom is -0.494 e. The summed E-state index contributed by atoms with van der Waals surface area (Å²) < 4.78 is 10.8. The van der Waals surface area contributed by atoms with E-state index in [0.29, 0.717) is 43.1 Å². The number of methoxy groups -OCH3 is 1. The van der Waals surface area contributed by atoms with Crippen LogP contribution in [0.2, 0.25) is 0 Å². The average Bonchev–Trinajstić information content (AvgIpc) is 3.62. The number of aromatic nitrogens is 5. The molecule has 13 nitrogen and oxygen atoms in total. The molecule has 1 atom stereocenters. The molecule has 2 heterocycles. The maximum Gasteiger partial charge on any atom is 0.407 e. The van der Waals surface area contributed by atoms with Crippen molar-refractivity contribution in [3.05, 3.63) is 72.6 Å². The Morgan fingerprint density at radius 3 is 2.31 bits per heavy atom. The highest BCUT2D eigenvalue weighted by molar-refractivity contribution is 5.97. The summed E-state index contributed by atoms with van der Waals surface area (Å²) in [4.78, 5) is 43.4. The van der Waals surface area contributed by atoms with Gasteiger partial charge in [0.15, 0.2) is 0 Å². The number of alkyl carbamates (subject to hydrolysis) is 1. The predicted octanol–water partition coefficient (Wildman–Crippen LogP) is 4.93. The van der Waals surface area contributed by atoms with Crippen LogP contribution < -0.4 is 20.7 Å². The van der Waals surface area contributed by atoms with E-state index < -0.39 is 17.7 Å². The molecule has 4 N–H and O–H groups in total. The largest absolute Gasteiger partial charge is 0.494 e. The zero-order chi connectivity index (χ0) is 34.1. The summed E-state index contributed by atoms with van der Waals surface area (Å²) in [6.45, 7) is 5.98. The molecule has 1 fully saturated rings. The highest BCUT2D eigenvalue weighted by atomic mass is 16.6. The summed E-state index contributed by atoms with van der Waals surface area (Å²) in [6, 6.07) is 16.0. The smallest absolute Gasteiger partial charge is 0.407 e. The Bertz CT molecular complexity index is 1660. The summed E-state index contributed by atoms with van der Waals surface area (Å²) in [6.07, 6.45) is 6.15. The number of hydrogen-bond acceptors (Lipinski definition) is 9. The van der Waals surface area contributed by atoms with Gasteiger partial charge in [-0.25, -0.2) is 4.79 Å². The van der Waals surface area contributed by atoms with Crippen LogP contribution in [0, 0.1) is 11.8 Å². The Hall–Kier alpha value is -5.33. The Morgan fingerprint density at radius 1 is 0.958 bits per heavy atom. The maximum absolute atomic E-state index is 13.7. The summed E-state index contributed by atoms with van der Waals surface area (Å²) in [7, 11) is 1.60. The number of rotatable bonds is 11. The molecular formula is C35H42N8O5. The minimum atomic E-state index is -0.817. The number of tetrazole rings is 1. The number of ether oxygens (including phenoxy) is 2. The molecule has 4 aromatic rings. The number of nitrogens with one attached hydrogen (secondary N) is 4. The zero-order valence-corrected chi connectivity index (χ0v) is 27.7. The van der Waals surface area contributed by atoms with Gasteiger partial charge in [0.2, 0.25) is 17.6 Å². The summed E-state index contributed by atoms with van der Waals surface area (Å²) in [5, 5.41) is 22.8. The van der Waals surface area contributed by atoms with Crippen LogP contribution in [-0.4, -0.2) is 68.8 Å². The second-order valence-electron chi connectivity index (χ2n) is 12.9. The van der Waals surface area contributed by atoms with E-state index >= 15 is 0 Å². The van der Waals surface area contributed by atoms with E-state index in [4.69, 9.17) is 9.47 Å². The molecule has 0 saturated heterocycles. The molecule has 1 unspecified atom stereocenters. The normalized spacial score (nSPS) is 16.8. The number of carbonyl (C=O) groups is 3. The Labute approximate surface area is 279 Å². The van der Waals surface area contributed by atoms with Gasteiger partial charge in [-0.15, -0.1) is 10.2 Å². The van der Waals surface area contributed by atoms with Crippen molar-refractivity contribution in [1.29, 1.82) is 0 Å². The monoisotopic (exact) mass is 654 g/mol. The molecule has 1 aliphatic rings. The maximum atomic E-state index is 13.7. The summed E-state index contributed by atoms with van der Waals surface area (Å²) >= 11 is 0. The summed E-state index contributed by atoms with van der Waals surface area (Å²) in [5.41, 5.74) is 3.50. The molecule has 5 rings (SSSR count). The van der Waals surface area contributed by atoms with Crippen molar-refractivity contribution in [3.63, 3.8) is 0 Å². The Balaban J connectivity index is 1.24. The first-order valence-corrected chi connectivity index (χ1v) is 16.1. The molecule has 0 radical (unpaired) electrons. The molecule has 1 aliphatic carbocycles. The highest BCUT2D eigenvalue weighted by Gasteiger charge is 2.30. The minimum absolute atomic E-state index is 0.153.